The monoisotopic (exact) mass is 265 g/mol. The third kappa shape index (κ3) is 4.91. The fraction of sp³-hybridized carbons (Fsp3) is 0.533. The van der Waals surface area contributed by atoms with Gasteiger partial charge in [0, 0.05) is 12.1 Å². The first-order valence-corrected chi connectivity index (χ1v) is 6.61. The summed E-state index contributed by atoms with van der Waals surface area (Å²) in [6, 6.07) is 6.17. The molecule has 0 aliphatic heterocycles. The molecule has 0 unspecified atom stereocenters. The molecule has 1 aromatic rings. The molecule has 0 aliphatic rings. The van der Waals surface area contributed by atoms with Gasteiger partial charge in [0.15, 0.2) is 0 Å². The van der Waals surface area contributed by atoms with Gasteiger partial charge in [-0.3, -0.25) is 4.79 Å². The van der Waals surface area contributed by atoms with Crippen molar-refractivity contribution in [2.75, 3.05) is 20.3 Å². The summed E-state index contributed by atoms with van der Waals surface area (Å²) >= 11 is 0. The van der Waals surface area contributed by atoms with Crippen LogP contribution in [0.15, 0.2) is 18.2 Å². The Morgan fingerprint density at radius 2 is 2.11 bits per heavy atom. The topological polar surface area (TPSA) is 47.6 Å². The predicted octanol–water partition coefficient (Wildman–Crippen LogP) is 2.47. The largest absolute Gasteiger partial charge is 0.496 e. The lowest BCUT2D eigenvalue weighted by Gasteiger charge is -2.13. The van der Waals surface area contributed by atoms with E-state index in [2.05, 4.69) is 25.2 Å². The molecule has 1 N–H and O–H groups in total. The Kier molecular flexibility index (Phi) is 6.36. The summed E-state index contributed by atoms with van der Waals surface area (Å²) in [7, 11) is 1.66. The van der Waals surface area contributed by atoms with E-state index in [1.54, 1.807) is 14.0 Å². The van der Waals surface area contributed by atoms with Crippen molar-refractivity contribution in [1.29, 1.82) is 0 Å². The van der Waals surface area contributed by atoms with Gasteiger partial charge in [-0.15, -0.1) is 0 Å². The first kappa shape index (κ1) is 15.5. The van der Waals surface area contributed by atoms with Crippen molar-refractivity contribution in [3.63, 3.8) is 0 Å². The molecule has 4 heteroatoms. The number of carbonyl (C=O) groups is 1. The Balaban J connectivity index is 2.60. The standard InChI is InChI=1S/C15H23NO3/c1-5-19-15(17)10-16-9-13-7-6-12(11(2)3)8-14(13)18-4/h6-8,11,16H,5,9-10H2,1-4H3. The fourth-order valence-electron chi connectivity index (χ4n) is 1.78. The average Bonchev–Trinajstić information content (AvgIpc) is 2.39. The Labute approximate surface area is 115 Å². The van der Waals surface area contributed by atoms with E-state index >= 15 is 0 Å². The van der Waals surface area contributed by atoms with Crippen LogP contribution in [0.4, 0.5) is 0 Å². The first-order valence-electron chi connectivity index (χ1n) is 6.61. The predicted molar refractivity (Wildman–Crippen MR) is 75.4 cm³/mol. The van der Waals surface area contributed by atoms with Gasteiger partial charge in [-0.05, 0) is 24.5 Å². The summed E-state index contributed by atoms with van der Waals surface area (Å²) in [4.78, 5) is 11.2. The maximum atomic E-state index is 11.2. The Morgan fingerprint density at radius 3 is 2.68 bits per heavy atom. The normalized spacial score (nSPS) is 10.6. The Bertz CT molecular complexity index is 416. The van der Waals surface area contributed by atoms with Crippen LogP contribution in [0.2, 0.25) is 0 Å². The van der Waals surface area contributed by atoms with Crippen LogP contribution in [0.25, 0.3) is 0 Å². The summed E-state index contributed by atoms with van der Waals surface area (Å²) in [5.41, 5.74) is 2.28. The second kappa shape index (κ2) is 7.79. The molecule has 0 saturated carbocycles. The number of nitrogens with one attached hydrogen (secondary N) is 1. The lowest BCUT2D eigenvalue weighted by Crippen LogP contribution is -2.24. The van der Waals surface area contributed by atoms with Crippen LogP contribution in [0.3, 0.4) is 0 Å². The number of benzene rings is 1. The van der Waals surface area contributed by atoms with Crippen molar-refractivity contribution in [3.05, 3.63) is 29.3 Å². The van der Waals surface area contributed by atoms with E-state index in [0.717, 1.165) is 11.3 Å². The highest BCUT2D eigenvalue weighted by molar-refractivity contribution is 5.71. The number of ether oxygens (including phenoxy) is 2. The Morgan fingerprint density at radius 1 is 1.37 bits per heavy atom. The highest BCUT2D eigenvalue weighted by Crippen LogP contribution is 2.24. The van der Waals surface area contributed by atoms with Crippen LogP contribution < -0.4 is 10.1 Å². The quantitative estimate of drug-likeness (QED) is 0.769. The van der Waals surface area contributed by atoms with Crippen molar-refractivity contribution in [2.45, 2.75) is 33.2 Å². The molecule has 4 nitrogen and oxygen atoms in total. The minimum Gasteiger partial charge on any atom is -0.496 e. The number of carbonyl (C=O) groups excluding carboxylic acids is 1. The third-order valence-corrected chi connectivity index (χ3v) is 2.87. The number of hydrogen-bond acceptors (Lipinski definition) is 4. The summed E-state index contributed by atoms with van der Waals surface area (Å²) in [6.45, 7) is 7.29. The highest BCUT2D eigenvalue weighted by atomic mass is 16.5. The molecule has 0 saturated heterocycles. The Hall–Kier alpha value is -1.55. The smallest absolute Gasteiger partial charge is 0.319 e. The molecule has 0 aromatic heterocycles. The van der Waals surface area contributed by atoms with Gasteiger partial charge < -0.3 is 14.8 Å². The SMILES string of the molecule is CCOC(=O)CNCc1ccc(C(C)C)cc1OC. The van der Waals surface area contributed by atoms with E-state index in [0.29, 0.717) is 19.1 Å². The molecule has 0 heterocycles. The van der Waals surface area contributed by atoms with Crippen LogP contribution in [-0.4, -0.2) is 26.2 Å². The number of esters is 1. The van der Waals surface area contributed by atoms with E-state index < -0.39 is 0 Å². The molecule has 106 valence electrons. The fourth-order valence-corrected chi connectivity index (χ4v) is 1.78. The van der Waals surface area contributed by atoms with Crippen LogP contribution in [0, 0.1) is 0 Å². The minimum atomic E-state index is -0.236. The van der Waals surface area contributed by atoms with E-state index in [9.17, 15) is 4.79 Å². The van der Waals surface area contributed by atoms with Gasteiger partial charge in [0.05, 0.1) is 20.3 Å². The van der Waals surface area contributed by atoms with Crippen LogP contribution in [0.5, 0.6) is 5.75 Å². The molecular weight excluding hydrogens is 242 g/mol. The molecule has 0 amide bonds. The first-order chi connectivity index (χ1) is 9.08. The van der Waals surface area contributed by atoms with Crippen molar-refractivity contribution >= 4 is 5.97 Å². The van der Waals surface area contributed by atoms with Crippen LogP contribution >= 0.6 is 0 Å². The lowest BCUT2D eigenvalue weighted by atomic mass is 10.0. The van der Waals surface area contributed by atoms with E-state index in [1.165, 1.54) is 5.56 Å². The van der Waals surface area contributed by atoms with Crippen molar-refractivity contribution in [2.24, 2.45) is 0 Å². The number of hydrogen-bond donors (Lipinski definition) is 1. The van der Waals surface area contributed by atoms with E-state index in [-0.39, 0.29) is 12.5 Å². The summed E-state index contributed by atoms with van der Waals surface area (Å²) in [5.74, 6) is 1.08. The molecule has 0 atom stereocenters. The molecule has 0 bridgehead atoms. The molecule has 1 rings (SSSR count). The molecule has 0 radical (unpaired) electrons. The molecular formula is C15H23NO3. The zero-order valence-electron chi connectivity index (χ0n) is 12.2. The van der Waals surface area contributed by atoms with Gasteiger partial charge in [0.2, 0.25) is 0 Å². The van der Waals surface area contributed by atoms with Gasteiger partial charge in [0.25, 0.3) is 0 Å². The van der Waals surface area contributed by atoms with Crippen LogP contribution in [-0.2, 0) is 16.1 Å². The van der Waals surface area contributed by atoms with Gasteiger partial charge >= 0.3 is 5.97 Å². The van der Waals surface area contributed by atoms with E-state index in [4.69, 9.17) is 9.47 Å². The zero-order valence-corrected chi connectivity index (χ0v) is 12.2. The number of rotatable bonds is 7. The van der Waals surface area contributed by atoms with Crippen molar-refractivity contribution < 1.29 is 14.3 Å². The average molecular weight is 265 g/mol. The lowest BCUT2D eigenvalue weighted by molar-refractivity contribution is -0.142. The molecule has 0 spiro atoms. The number of methoxy groups -OCH3 is 1. The van der Waals surface area contributed by atoms with Gasteiger partial charge in [-0.25, -0.2) is 0 Å². The second-order valence-corrected chi connectivity index (χ2v) is 4.63. The second-order valence-electron chi connectivity index (χ2n) is 4.63. The van der Waals surface area contributed by atoms with Crippen LogP contribution in [0.1, 0.15) is 37.8 Å². The van der Waals surface area contributed by atoms with Crippen molar-refractivity contribution in [3.8, 4) is 5.75 Å². The van der Waals surface area contributed by atoms with E-state index in [1.807, 2.05) is 12.1 Å². The third-order valence-electron chi connectivity index (χ3n) is 2.87. The summed E-state index contributed by atoms with van der Waals surface area (Å²) in [5, 5.41) is 3.06. The summed E-state index contributed by atoms with van der Waals surface area (Å²) in [6.07, 6.45) is 0. The van der Waals surface area contributed by atoms with Crippen molar-refractivity contribution in [1.82, 2.24) is 5.32 Å². The minimum absolute atomic E-state index is 0.211. The summed E-state index contributed by atoms with van der Waals surface area (Å²) < 4.78 is 10.2. The highest BCUT2D eigenvalue weighted by Gasteiger charge is 2.07. The van der Waals surface area contributed by atoms with Gasteiger partial charge in [-0.2, -0.15) is 0 Å². The molecule has 1 aromatic carbocycles. The maximum Gasteiger partial charge on any atom is 0.319 e. The van der Waals surface area contributed by atoms with Gasteiger partial charge in [-0.1, -0.05) is 26.0 Å². The molecule has 19 heavy (non-hydrogen) atoms. The maximum absolute atomic E-state index is 11.2. The molecule has 0 aliphatic carbocycles. The zero-order chi connectivity index (χ0) is 14.3. The molecule has 0 fully saturated rings. The van der Waals surface area contributed by atoms with Gasteiger partial charge in [0.1, 0.15) is 5.75 Å².